The van der Waals surface area contributed by atoms with Gasteiger partial charge in [0.25, 0.3) is 0 Å². The maximum absolute atomic E-state index is 11.5. The van der Waals surface area contributed by atoms with Crippen molar-refractivity contribution in [2.24, 2.45) is 0 Å². The van der Waals surface area contributed by atoms with Gasteiger partial charge in [0.15, 0.2) is 50.3 Å². The molecule has 0 saturated carbocycles. The normalized spacial score (nSPS) is 55.4. The molecule has 0 aromatic heterocycles. The molecule has 30 heterocycles. The Labute approximate surface area is 497 Å². The summed E-state index contributed by atoms with van der Waals surface area (Å²) in [5, 5.41) is 255. The van der Waals surface area contributed by atoms with E-state index in [2.05, 4.69) is 0 Å². The molecule has 0 amide bonds. The summed E-state index contributed by atoms with van der Waals surface area (Å²) in [6.45, 7) is -5.88. The Morgan fingerprint density at radius 3 is 0.398 bits per heavy atom. The fourth-order valence-corrected chi connectivity index (χ4v) is 12.1. The van der Waals surface area contributed by atoms with E-state index in [0.717, 1.165) is 0 Å². The number of rotatable bonds is 8. The molecule has 40 atom stereocenters. The van der Waals surface area contributed by atoms with Gasteiger partial charge in [0.1, 0.15) is 189 Å². The van der Waals surface area contributed by atoms with Crippen LogP contribution in [0.2, 0.25) is 0 Å². The molecule has 30 aliphatic heterocycles. The summed E-state index contributed by atoms with van der Waals surface area (Å²) in [4.78, 5) is 0. The van der Waals surface area contributed by atoms with Gasteiger partial charge in [0.2, 0.25) is 0 Å². The van der Waals surface area contributed by atoms with Crippen LogP contribution in [0.15, 0.2) is 0 Å². The molecule has 0 aromatic rings. The highest BCUT2D eigenvalue weighted by atomic mass is 16.8. The van der Waals surface area contributed by atoms with Crippen molar-refractivity contribution in [1.29, 1.82) is 0 Å². The molecule has 30 aliphatic rings. The van der Waals surface area contributed by atoms with Gasteiger partial charge >= 0.3 is 0 Å². The van der Waals surface area contributed by atoms with Gasteiger partial charge in [-0.3, -0.25) is 0 Å². The van der Waals surface area contributed by atoms with Crippen molar-refractivity contribution < 1.29 is 193 Å². The predicted molar refractivity (Wildman–Crippen MR) is 264 cm³/mol. The Morgan fingerprint density at radius 2 is 0.284 bits per heavy atom. The predicted octanol–water partition coefficient (Wildman–Crippen LogP) is -16.0. The van der Waals surface area contributed by atoms with Crippen LogP contribution in [0.4, 0.5) is 0 Å². The van der Waals surface area contributed by atoms with Crippen LogP contribution in [0.5, 0.6) is 0 Å². The van der Waals surface area contributed by atoms with Crippen LogP contribution in [-0.2, 0) is 75.8 Å². The molecule has 0 aromatic carbocycles. The van der Waals surface area contributed by atoms with Crippen LogP contribution in [0, 0.1) is 0 Å². The first-order valence-electron chi connectivity index (χ1n) is 28.5. The molecule has 30 saturated heterocycles. The van der Waals surface area contributed by atoms with Crippen molar-refractivity contribution in [3.8, 4) is 0 Å². The van der Waals surface area contributed by atoms with Crippen molar-refractivity contribution >= 4 is 0 Å². The van der Waals surface area contributed by atoms with E-state index < -0.39 is 292 Å². The van der Waals surface area contributed by atoms with Crippen molar-refractivity contribution in [2.75, 3.05) is 46.2 Å². The molecule has 0 radical (unpaired) electrons. The molecule has 39 heteroatoms. The van der Waals surface area contributed by atoms with E-state index in [1.54, 1.807) is 0 Å². The maximum Gasteiger partial charge on any atom is 0.187 e. The van der Waals surface area contributed by atoms with Gasteiger partial charge in [-0.15, -0.1) is 0 Å². The smallest absolute Gasteiger partial charge is 0.187 e. The van der Waals surface area contributed by atoms with Crippen LogP contribution in [0.25, 0.3) is 0 Å². The average molecular weight is 1300 g/mol. The van der Waals surface area contributed by atoms with Crippen molar-refractivity contribution in [2.45, 2.75) is 259 Å². The quantitative estimate of drug-likeness (QED) is 0.107. The lowest BCUT2D eigenvalue weighted by Gasteiger charge is -2.50. The number of hydrogen-bond acceptors (Lipinski definition) is 39. The van der Waals surface area contributed by atoms with E-state index in [1.165, 1.54) is 6.92 Å². The SMILES string of the molecule is CCC1O[C@@H]2O[C@@H]3C(CO)O[C@H](O[C@@H]4C(CO)O[C@H](O[C@@H]5C(CO)O[C@H](O[C@@H]6C(CO)O[C@H](O[C@@H]7C(CO)O[C@@H](O[C@@H]8C(CO)O[C@H](O[C@@H]9C(CO)O[C@H](O[C@H]1[C@H](O)C2O)C(O)[C@H]9O)C(O)[C@H]8O)C(O)[C@H]7O)C(O)[C@H]6O)C(O)[C@H]5O)C(O)[C@H]4O)C(O)[C@H]3O. The molecule has 30 fully saturated rings. The zero-order valence-corrected chi connectivity index (χ0v) is 46.6. The van der Waals surface area contributed by atoms with Gasteiger partial charge in [-0.05, 0) is 6.42 Å². The summed E-state index contributed by atoms with van der Waals surface area (Å²) >= 11 is 0. The molecule has 0 aliphatic carbocycles. The summed E-state index contributed by atoms with van der Waals surface area (Å²) in [7, 11) is 0. The monoisotopic (exact) mass is 1290 g/mol. The van der Waals surface area contributed by atoms with E-state index in [-0.39, 0.29) is 6.42 Å². The molecule has 30 rings (SSSR count). The van der Waals surface area contributed by atoms with E-state index >= 15 is 0 Å². The van der Waals surface area contributed by atoms with E-state index in [9.17, 15) is 117 Å². The topological polar surface area (TPSA) is 613 Å². The first kappa shape index (κ1) is 70.7. The molecule has 512 valence electrons. The lowest BCUT2D eigenvalue weighted by molar-refractivity contribution is -0.403. The zero-order valence-electron chi connectivity index (χ0n) is 46.6. The average Bonchev–Trinajstić information content (AvgIpc) is 0.985. The Kier molecular flexibility index (Phi) is 24.1. The first-order chi connectivity index (χ1) is 41.9. The summed E-state index contributed by atoms with van der Waals surface area (Å²) in [5.74, 6) is 0. The van der Waals surface area contributed by atoms with Crippen LogP contribution >= 0.6 is 0 Å². The van der Waals surface area contributed by atoms with Crippen LogP contribution < -0.4 is 0 Å². The van der Waals surface area contributed by atoms with Gasteiger partial charge in [-0.25, -0.2) is 0 Å². The van der Waals surface area contributed by atoms with Crippen molar-refractivity contribution in [1.82, 2.24) is 0 Å². The third kappa shape index (κ3) is 13.8. The maximum atomic E-state index is 11.5. The minimum atomic E-state index is -2.24. The Bertz CT molecular complexity index is 1700. The minimum absolute atomic E-state index is 0.0801. The Balaban J connectivity index is 0.975. The number of hydrogen-bond donors (Lipinski definition) is 23. The first-order valence-corrected chi connectivity index (χ1v) is 28.5. The Morgan fingerprint density at radius 1 is 0.170 bits per heavy atom. The fraction of sp³-hybridized carbons (Fsp3) is 1.00. The van der Waals surface area contributed by atoms with Crippen LogP contribution in [0.1, 0.15) is 13.3 Å². The highest BCUT2D eigenvalue weighted by Gasteiger charge is 2.60. The van der Waals surface area contributed by atoms with E-state index in [1.807, 2.05) is 0 Å². The van der Waals surface area contributed by atoms with Crippen LogP contribution in [0.3, 0.4) is 0 Å². The third-order valence-electron chi connectivity index (χ3n) is 17.1. The summed E-state index contributed by atoms with van der Waals surface area (Å²) in [5.41, 5.74) is 0. The second kappa shape index (κ2) is 30.0. The van der Waals surface area contributed by atoms with Crippen molar-refractivity contribution in [3.63, 3.8) is 0 Å². The van der Waals surface area contributed by atoms with E-state index in [0.29, 0.717) is 0 Å². The number of aliphatic hydroxyl groups is 23. The van der Waals surface area contributed by atoms with Gasteiger partial charge in [-0.1, -0.05) is 6.92 Å². The summed E-state index contributed by atoms with van der Waals surface area (Å²) < 4.78 is 91.9. The fourth-order valence-electron chi connectivity index (χ4n) is 12.1. The lowest BCUT2D eigenvalue weighted by Crippen LogP contribution is -2.69. The third-order valence-corrected chi connectivity index (χ3v) is 17.1. The second-order valence-corrected chi connectivity index (χ2v) is 22.7. The van der Waals surface area contributed by atoms with Crippen LogP contribution in [-0.4, -0.2) is 409 Å². The molecular formula is C49H82O39. The molecule has 39 nitrogen and oxygen atoms in total. The Hall–Kier alpha value is -1.56. The lowest BCUT2D eigenvalue weighted by atomic mass is 9.94. The molecule has 88 heavy (non-hydrogen) atoms. The number of aliphatic hydroxyl groups excluding tert-OH is 23. The van der Waals surface area contributed by atoms with E-state index in [4.69, 9.17) is 75.8 Å². The number of ether oxygens (including phenoxy) is 16. The summed E-state index contributed by atoms with van der Waals surface area (Å²) in [6, 6.07) is 0. The van der Waals surface area contributed by atoms with Gasteiger partial charge in [-0.2, -0.15) is 0 Å². The van der Waals surface area contributed by atoms with Gasteiger partial charge in [0, 0.05) is 0 Å². The molecular weight excluding hydrogens is 1210 g/mol. The molecule has 0 spiro atoms. The minimum Gasteiger partial charge on any atom is -0.394 e. The largest absolute Gasteiger partial charge is 0.394 e. The van der Waals surface area contributed by atoms with Crippen molar-refractivity contribution in [3.05, 3.63) is 0 Å². The van der Waals surface area contributed by atoms with Gasteiger partial charge < -0.3 is 193 Å². The van der Waals surface area contributed by atoms with Gasteiger partial charge in [0.05, 0.1) is 52.4 Å². The highest BCUT2D eigenvalue weighted by molar-refractivity contribution is 5.02. The molecule has 23 N–H and O–H groups in total. The standard InChI is InChI=1S/C49H82O39/c1-2-10-34-18(57)26(65)42(73-10)82-35-11(3-50)75-44(28(67)20(35)59)84-37-13(5-52)77-46(30(69)22(37)61)86-39-15(7-54)79-48(32(71)24(39)63)88-41-17(9-56)80-49(33(72)25(41)64)87-40-16(8-55)78-47(31(70)23(40)62)85-38-14(6-53)76-45(29(68)21(38)60)83-36-12(4-51)74-43(81-34)27(66)19(36)58/h10-72H,2-9H2,1H3/t10?,11?,12?,13?,14?,15?,16?,17?,18-,19-,20-,21-,22-,23-,24-,25-,26?,27?,28?,29?,30?,31?,32?,33?,34-,35-,36-,37-,38-,39-,40-,41-,42-,43-,44-,45-,46-,47+,48-,49-/m1/s1. The molecule has 16 bridgehead atoms. The second-order valence-electron chi connectivity index (χ2n) is 22.7. The molecule has 16 unspecified atom stereocenters. The highest BCUT2D eigenvalue weighted by Crippen LogP contribution is 2.40. The zero-order chi connectivity index (χ0) is 64.1. The summed E-state index contributed by atoms with van der Waals surface area (Å²) in [6.07, 6.45) is -79.8.